The summed E-state index contributed by atoms with van der Waals surface area (Å²) >= 11 is 6.03. The third kappa shape index (κ3) is 9.88. The van der Waals surface area contributed by atoms with E-state index in [2.05, 4.69) is 15.3 Å². The molecule has 3 N–H and O–H groups in total. The summed E-state index contributed by atoms with van der Waals surface area (Å²) in [6, 6.07) is 12.1. The number of amides is 1. The second-order valence-electron chi connectivity index (χ2n) is 11.3. The molecule has 1 amide bonds. The summed E-state index contributed by atoms with van der Waals surface area (Å²) in [4.78, 5) is 57.9. The quantitative estimate of drug-likeness (QED) is 0.294. The highest BCUT2D eigenvalue weighted by atomic mass is 35.5. The zero-order chi connectivity index (χ0) is 31.9. The first-order valence-corrected chi connectivity index (χ1v) is 14.2. The molecule has 3 aromatic rings. The fraction of sp³-hybridized carbons (Fsp3) is 0.433. The Morgan fingerprint density at radius 1 is 1.09 bits per heavy atom. The third-order valence-corrected chi connectivity index (χ3v) is 6.39. The number of carbonyl (C=O) groups is 2. The lowest BCUT2D eigenvalue weighted by molar-refractivity contribution is -0.141. The van der Waals surface area contributed by atoms with Crippen LogP contribution < -0.4 is 27.1 Å². The van der Waals surface area contributed by atoms with Crippen molar-refractivity contribution in [2.45, 2.75) is 72.8 Å². The number of ether oxygens (including phenoxy) is 2. The number of H-pyrrole nitrogens is 1. The molecule has 0 aliphatic heterocycles. The zero-order valence-electron chi connectivity index (χ0n) is 25.1. The molecule has 232 valence electrons. The van der Waals surface area contributed by atoms with Crippen molar-refractivity contribution >= 4 is 29.4 Å². The number of benzene rings is 2. The van der Waals surface area contributed by atoms with Gasteiger partial charge >= 0.3 is 23.4 Å². The van der Waals surface area contributed by atoms with Crippen LogP contribution in [0.25, 0.3) is 0 Å². The summed E-state index contributed by atoms with van der Waals surface area (Å²) in [6.07, 6.45) is -0.887. The van der Waals surface area contributed by atoms with E-state index >= 15 is 0 Å². The molecule has 1 unspecified atom stereocenters. The van der Waals surface area contributed by atoms with Gasteiger partial charge in [-0.05, 0) is 89.4 Å². The van der Waals surface area contributed by atoms with Gasteiger partial charge in [0.1, 0.15) is 11.4 Å². The van der Waals surface area contributed by atoms with Gasteiger partial charge in [0.2, 0.25) is 5.62 Å². The van der Waals surface area contributed by atoms with Crippen LogP contribution in [0.4, 0.5) is 10.5 Å². The molecular weight excluding hydrogens is 578 g/mol. The number of nitrogens with one attached hydrogen (secondary N) is 2. The summed E-state index contributed by atoms with van der Waals surface area (Å²) in [5.74, 6) is -1.58. The van der Waals surface area contributed by atoms with E-state index in [1.54, 1.807) is 63.2 Å². The molecule has 1 atom stereocenters. The lowest BCUT2D eigenvalue weighted by atomic mass is 10.1. The molecular formula is C30H38ClN5O7. The van der Waals surface area contributed by atoms with E-state index in [9.17, 15) is 24.3 Å². The van der Waals surface area contributed by atoms with Crippen molar-refractivity contribution in [1.82, 2.24) is 19.4 Å². The minimum Gasteiger partial charge on any atom is -0.491 e. The topological polar surface area (TPSA) is 157 Å². The zero-order valence-corrected chi connectivity index (χ0v) is 25.9. The minimum atomic E-state index is -1.19. The number of nitrogens with zero attached hydrogens (tertiary/aromatic N) is 3. The molecule has 12 nitrogen and oxygen atoms in total. The van der Waals surface area contributed by atoms with Gasteiger partial charge in [0, 0.05) is 18.1 Å². The van der Waals surface area contributed by atoms with Crippen molar-refractivity contribution in [3.63, 3.8) is 0 Å². The summed E-state index contributed by atoms with van der Waals surface area (Å²) < 4.78 is 13.2. The van der Waals surface area contributed by atoms with Gasteiger partial charge in [0.25, 0.3) is 0 Å². The number of halogens is 1. The van der Waals surface area contributed by atoms with Crippen LogP contribution >= 0.6 is 11.6 Å². The number of hydrogen-bond acceptors (Lipinski definition) is 7. The van der Waals surface area contributed by atoms with Gasteiger partial charge in [-0.1, -0.05) is 23.7 Å². The van der Waals surface area contributed by atoms with Crippen LogP contribution in [-0.4, -0.2) is 49.5 Å². The number of aromatic nitrogens is 3. The van der Waals surface area contributed by atoms with Crippen LogP contribution in [0.2, 0.25) is 5.02 Å². The fourth-order valence-corrected chi connectivity index (χ4v) is 4.21. The smallest absolute Gasteiger partial charge is 0.407 e. The van der Waals surface area contributed by atoms with E-state index in [0.29, 0.717) is 16.5 Å². The summed E-state index contributed by atoms with van der Waals surface area (Å²) in [6.45, 7) is 10.4. The van der Waals surface area contributed by atoms with Gasteiger partial charge < -0.3 is 19.9 Å². The molecule has 2 aromatic carbocycles. The Morgan fingerprint density at radius 2 is 1.77 bits per heavy atom. The van der Waals surface area contributed by atoms with Crippen LogP contribution in [0.5, 0.6) is 5.75 Å². The van der Waals surface area contributed by atoms with Gasteiger partial charge in [-0.15, -0.1) is 0 Å². The molecule has 0 fully saturated rings. The average molecular weight is 616 g/mol. The van der Waals surface area contributed by atoms with Crippen LogP contribution in [-0.2, 0) is 22.6 Å². The molecule has 0 aliphatic carbocycles. The van der Waals surface area contributed by atoms with Crippen molar-refractivity contribution < 1.29 is 24.2 Å². The molecule has 1 heterocycles. The molecule has 0 spiro atoms. The number of aliphatic carboxylic acids is 1. The predicted molar refractivity (Wildman–Crippen MR) is 162 cm³/mol. The molecule has 0 saturated heterocycles. The monoisotopic (exact) mass is 615 g/mol. The Balaban J connectivity index is 1.98. The van der Waals surface area contributed by atoms with Crippen molar-refractivity contribution in [3.05, 3.63) is 85.2 Å². The van der Waals surface area contributed by atoms with E-state index in [4.69, 9.17) is 21.1 Å². The van der Waals surface area contributed by atoms with E-state index < -0.39 is 35.0 Å². The highest BCUT2D eigenvalue weighted by Gasteiger charge is 2.22. The number of alkyl carbamates (subject to hydrolysis) is 1. The molecule has 13 heteroatoms. The maximum absolute atomic E-state index is 13.7. The maximum Gasteiger partial charge on any atom is 0.407 e. The number of carboxylic acid groups (broad SMARTS) is 1. The number of aryl methyl sites for hydroxylation is 1. The van der Waals surface area contributed by atoms with Gasteiger partial charge in [0.05, 0.1) is 24.3 Å². The van der Waals surface area contributed by atoms with Crippen LogP contribution in [0.3, 0.4) is 0 Å². The van der Waals surface area contributed by atoms with Crippen LogP contribution in [0.15, 0.2) is 57.0 Å². The maximum atomic E-state index is 13.7. The van der Waals surface area contributed by atoms with E-state index in [-0.39, 0.29) is 37.8 Å². The van der Waals surface area contributed by atoms with Crippen molar-refractivity contribution in [2.24, 2.45) is 10.9 Å². The fourth-order valence-electron chi connectivity index (χ4n) is 4.08. The molecule has 3 rings (SSSR count). The highest BCUT2D eigenvalue weighted by molar-refractivity contribution is 6.30. The molecule has 1 aromatic heterocycles. The first-order valence-electron chi connectivity index (χ1n) is 13.8. The highest BCUT2D eigenvalue weighted by Crippen LogP contribution is 2.24. The van der Waals surface area contributed by atoms with Crippen molar-refractivity contribution in [1.29, 1.82) is 0 Å². The molecule has 0 radical (unpaired) electrons. The van der Waals surface area contributed by atoms with Gasteiger partial charge in [-0.25, -0.2) is 23.9 Å². The summed E-state index contributed by atoms with van der Waals surface area (Å²) in [5.41, 5.74) is -0.130. The van der Waals surface area contributed by atoms with Gasteiger partial charge in [0.15, 0.2) is 0 Å². The summed E-state index contributed by atoms with van der Waals surface area (Å²) in [5, 5.41) is 12.7. The van der Waals surface area contributed by atoms with Crippen molar-refractivity contribution in [2.75, 3.05) is 6.54 Å². The molecule has 0 bridgehead atoms. The second kappa shape index (κ2) is 14.2. The van der Waals surface area contributed by atoms with E-state index in [0.717, 1.165) is 15.7 Å². The lowest BCUT2D eigenvalue weighted by Crippen LogP contribution is -2.50. The van der Waals surface area contributed by atoms with Crippen molar-refractivity contribution in [3.8, 4) is 5.75 Å². The van der Waals surface area contributed by atoms with E-state index in [1.807, 2.05) is 20.8 Å². The number of aromatic amines is 1. The Kier molecular flexibility index (Phi) is 11.0. The average Bonchev–Trinajstić information content (AvgIpc) is 2.89. The van der Waals surface area contributed by atoms with Gasteiger partial charge in [-0.3, -0.25) is 14.3 Å². The Labute approximate surface area is 254 Å². The SMILES string of the molecule is Cc1cc(/N=c2\[nH]c(=O)n(CCC(CNC(=O)OC(C)(C)C)C(=O)O)c(=O)n2Cc2ccc(Cl)cc2)ccc1OC(C)C. The largest absolute Gasteiger partial charge is 0.491 e. The molecule has 0 saturated carbocycles. The first kappa shape index (κ1) is 33.2. The Hall–Kier alpha value is -4.32. The third-order valence-electron chi connectivity index (χ3n) is 6.13. The number of carbonyl (C=O) groups excluding carboxylic acids is 1. The Bertz CT molecular complexity index is 1630. The van der Waals surface area contributed by atoms with Crippen LogP contribution in [0, 0.1) is 12.8 Å². The standard InChI is InChI=1S/C30H38ClN5O7/c1-18(2)42-24-12-11-23(15-19(24)3)33-26-34-27(39)35(29(41)36(26)17-20-7-9-22(31)10-8-20)14-13-21(25(37)38)16-32-28(40)43-30(4,5)6/h7-12,15,18,21H,13-14,16-17H2,1-6H3,(H,32,40)(H,37,38)(H,33,34,39). The minimum absolute atomic E-state index is 0.0132. The number of hydrogen-bond donors (Lipinski definition) is 3. The lowest BCUT2D eigenvalue weighted by Gasteiger charge is -2.21. The normalized spacial score (nSPS) is 12.7. The van der Waals surface area contributed by atoms with Gasteiger partial charge in [-0.2, -0.15) is 0 Å². The Morgan fingerprint density at radius 3 is 2.35 bits per heavy atom. The number of rotatable bonds is 11. The molecule has 43 heavy (non-hydrogen) atoms. The first-order chi connectivity index (χ1) is 20.1. The summed E-state index contributed by atoms with van der Waals surface area (Å²) in [7, 11) is 0. The number of carboxylic acids is 1. The van der Waals surface area contributed by atoms with E-state index in [1.165, 1.54) is 4.57 Å². The molecule has 0 aliphatic rings. The second-order valence-corrected chi connectivity index (χ2v) is 11.8. The van der Waals surface area contributed by atoms with Crippen LogP contribution in [0.1, 0.15) is 52.2 Å². The predicted octanol–water partition coefficient (Wildman–Crippen LogP) is 3.98.